The average molecular weight is 767 g/mol. The van der Waals surface area contributed by atoms with Gasteiger partial charge in [0.1, 0.15) is 0 Å². The fourth-order valence-corrected chi connectivity index (χ4v) is 5.98. The number of carbonyl (C=O) groups excluding carboxylic acids is 2. The summed E-state index contributed by atoms with van der Waals surface area (Å²) in [5.74, 6) is -5.41. The van der Waals surface area contributed by atoms with Gasteiger partial charge in [0.15, 0.2) is 10.5 Å². The summed E-state index contributed by atoms with van der Waals surface area (Å²) in [7, 11) is -9.56. The molecule has 2 atom stereocenters. The van der Waals surface area contributed by atoms with Crippen LogP contribution in [0.2, 0.25) is 0 Å². The molecule has 50 heavy (non-hydrogen) atoms. The number of esters is 2. The molecule has 0 fully saturated rings. The number of hydrogen-bond donors (Lipinski definition) is 6. The van der Waals surface area contributed by atoms with E-state index in [9.17, 15) is 36.0 Å². The van der Waals surface area contributed by atoms with Crippen LogP contribution in [-0.2, 0) is 48.9 Å². The van der Waals surface area contributed by atoms with Gasteiger partial charge < -0.3 is 32.0 Å². The Morgan fingerprint density at radius 2 is 0.680 bits per heavy atom. The highest BCUT2D eigenvalue weighted by Crippen LogP contribution is 2.13. The fourth-order valence-electron chi connectivity index (χ4n) is 4.65. The highest BCUT2D eigenvalue weighted by Gasteiger charge is 2.35. The van der Waals surface area contributed by atoms with Gasteiger partial charge in [-0.3, -0.25) is 28.3 Å². The summed E-state index contributed by atoms with van der Waals surface area (Å²) in [6.45, 7) is 4.43. The maximum Gasteiger partial charge on any atom is 0.327 e. The Hall–Kier alpha value is -2.38. The molecule has 0 heterocycles. The standard InChI is InChI=1S/2C16H30O7S.2H3N/c2*1-2-3-4-5-6-7-8-9-10-11-12-23-16(19)14(13-15(17)18)24(20,21)22;;/h2*14H,2-13H2,1H3,(H,17,18)(H,20,21,22);2*1H3. The number of hydrogen-bond acceptors (Lipinski definition) is 12. The first-order valence-electron chi connectivity index (χ1n) is 17.3. The number of aliphatic carboxylic acids is 2. The zero-order valence-corrected chi connectivity index (χ0v) is 31.9. The largest absolute Gasteiger partial charge is 0.481 e. The molecule has 0 aromatic heterocycles. The van der Waals surface area contributed by atoms with E-state index in [-0.39, 0.29) is 25.5 Å². The Morgan fingerprint density at radius 1 is 0.460 bits per heavy atom. The maximum absolute atomic E-state index is 11.6. The van der Waals surface area contributed by atoms with Crippen LogP contribution < -0.4 is 12.3 Å². The van der Waals surface area contributed by atoms with E-state index in [0.29, 0.717) is 12.8 Å². The molecule has 0 radical (unpaired) electrons. The molecule has 0 aliphatic rings. The number of rotatable bonds is 30. The van der Waals surface area contributed by atoms with E-state index in [2.05, 4.69) is 13.8 Å². The van der Waals surface area contributed by atoms with Crippen LogP contribution in [0.4, 0.5) is 0 Å². The van der Waals surface area contributed by atoms with Crippen molar-refractivity contribution in [1.29, 1.82) is 0 Å². The Balaban J connectivity index is -0.000000407. The van der Waals surface area contributed by atoms with E-state index in [0.717, 1.165) is 38.5 Å². The predicted octanol–water partition coefficient (Wildman–Crippen LogP) is 6.69. The lowest BCUT2D eigenvalue weighted by Crippen LogP contribution is -2.34. The number of carboxylic acids is 2. The van der Waals surface area contributed by atoms with E-state index in [1.807, 2.05) is 0 Å². The van der Waals surface area contributed by atoms with Crippen molar-refractivity contribution in [2.75, 3.05) is 13.2 Å². The number of carboxylic acid groups (broad SMARTS) is 2. The Labute approximate surface area is 299 Å². The van der Waals surface area contributed by atoms with Crippen LogP contribution in [0.1, 0.15) is 155 Å². The normalized spacial score (nSPS) is 12.2. The van der Waals surface area contributed by atoms with Gasteiger partial charge in [-0.1, -0.05) is 129 Å². The van der Waals surface area contributed by atoms with E-state index in [1.165, 1.54) is 77.0 Å². The highest BCUT2D eigenvalue weighted by molar-refractivity contribution is 7.87. The van der Waals surface area contributed by atoms with E-state index in [4.69, 9.17) is 28.8 Å². The van der Waals surface area contributed by atoms with Crippen molar-refractivity contribution < 1.29 is 64.8 Å². The molecule has 0 amide bonds. The molecule has 18 heteroatoms. The fraction of sp³-hybridized carbons (Fsp3) is 0.875. The van der Waals surface area contributed by atoms with Crippen LogP contribution in [-0.4, -0.2) is 83.7 Å². The molecule has 0 rings (SSSR count). The van der Waals surface area contributed by atoms with Crippen LogP contribution in [0.5, 0.6) is 0 Å². The van der Waals surface area contributed by atoms with Crippen molar-refractivity contribution in [1.82, 2.24) is 12.3 Å². The summed E-state index contributed by atoms with van der Waals surface area (Å²) in [5, 5.41) is 13.0. The average Bonchev–Trinajstić information content (AvgIpc) is 2.99. The second kappa shape index (κ2) is 33.7. The molecule has 0 aromatic carbocycles. The second-order valence-electron chi connectivity index (χ2n) is 11.9. The molecule has 2 unspecified atom stereocenters. The Kier molecular flexibility index (Phi) is 36.7. The van der Waals surface area contributed by atoms with Crippen molar-refractivity contribution in [3.8, 4) is 0 Å². The number of unbranched alkanes of at least 4 members (excludes halogenated alkanes) is 18. The number of carbonyl (C=O) groups is 4. The molecule has 300 valence electrons. The molecular formula is C32H66N2O14S2. The van der Waals surface area contributed by atoms with Crippen molar-refractivity contribution >= 4 is 44.1 Å². The third kappa shape index (κ3) is 34.1. The summed E-state index contributed by atoms with van der Waals surface area (Å²) in [5.41, 5.74) is 0. The molecule has 0 spiro atoms. The minimum atomic E-state index is -4.78. The van der Waals surface area contributed by atoms with Crippen molar-refractivity contribution in [3.63, 3.8) is 0 Å². The van der Waals surface area contributed by atoms with Gasteiger partial charge in [-0.05, 0) is 12.8 Å². The van der Waals surface area contributed by atoms with Gasteiger partial charge in [0.25, 0.3) is 20.2 Å². The van der Waals surface area contributed by atoms with Crippen LogP contribution in [0, 0.1) is 0 Å². The molecule has 0 aromatic rings. The van der Waals surface area contributed by atoms with Crippen molar-refractivity contribution in [2.45, 2.75) is 166 Å². The van der Waals surface area contributed by atoms with Crippen molar-refractivity contribution in [2.24, 2.45) is 0 Å². The van der Waals surface area contributed by atoms with Gasteiger partial charge in [-0.25, -0.2) is 0 Å². The minimum absolute atomic E-state index is 0. The second-order valence-corrected chi connectivity index (χ2v) is 15.1. The molecule has 10 N–H and O–H groups in total. The highest BCUT2D eigenvalue weighted by atomic mass is 32.2. The summed E-state index contributed by atoms with van der Waals surface area (Å²) in [4.78, 5) is 44.2. The van der Waals surface area contributed by atoms with Gasteiger partial charge >= 0.3 is 23.9 Å². The topological polar surface area (TPSA) is 306 Å². The van der Waals surface area contributed by atoms with Crippen LogP contribution in [0.25, 0.3) is 0 Å². The van der Waals surface area contributed by atoms with Crippen LogP contribution in [0.15, 0.2) is 0 Å². The first-order chi connectivity index (χ1) is 22.6. The summed E-state index contributed by atoms with van der Waals surface area (Å²) >= 11 is 0. The first-order valence-corrected chi connectivity index (χ1v) is 20.3. The molecule has 16 nitrogen and oxygen atoms in total. The molecule has 0 saturated heterocycles. The third-order valence-corrected chi connectivity index (χ3v) is 9.61. The van der Waals surface area contributed by atoms with Gasteiger partial charge in [0.2, 0.25) is 0 Å². The molecule has 0 aliphatic heterocycles. The van der Waals surface area contributed by atoms with E-state index >= 15 is 0 Å². The maximum atomic E-state index is 11.6. The van der Waals surface area contributed by atoms with Gasteiger partial charge in [0.05, 0.1) is 26.1 Å². The third-order valence-electron chi connectivity index (χ3n) is 7.45. The SMILES string of the molecule is CCCCCCCCCCCCOC(=O)C(CC(=O)O)S(=O)(=O)O.CCCCCCCCCCCCOC(=O)C(CC(=O)O)S(=O)(=O)O.N.N. The van der Waals surface area contributed by atoms with Crippen LogP contribution >= 0.6 is 0 Å². The molecule has 0 bridgehead atoms. The van der Waals surface area contributed by atoms with Gasteiger partial charge in [-0.15, -0.1) is 0 Å². The zero-order valence-electron chi connectivity index (χ0n) is 30.2. The van der Waals surface area contributed by atoms with Crippen molar-refractivity contribution in [3.05, 3.63) is 0 Å². The Morgan fingerprint density at radius 3 is 0.880 bits per heavy atom. The predicted molar refractivity (Wildman–Crippen MR) is 191 cm³/mol. The lowest BCUT2D eigenvalue weighted by molar-refractivity contribution is -0.147. The van der Waals surface area contributed by atoms with Crippen LogP contribution in [0.3, 0.4) is 0 Å². The lowest BCUT2D eigenvalue weighted by atomic mass is 10.1. The summed E-state index contributed by atoms with van der Waals surface area (Å²) < 4.78 is 71.3. The minimum Gasteiger partial charge on any atom is -0.481 e. The monoisotopic (exact) mass is 766 g/mol. The zero-order chi connectivity index (χ0) is 36.8. The quantitative estimate of drug-likeness (QED) is 0.0252. The smallest absolute Gasteiger partial charge is 0.327 e. The van der Waals surface area contributed by atoms with Gasteiger partial charge in [0, 0.05) is 0 Å². The molecular weight excluding hydrogens is 700 g/mol. The summed E-state index contributed by atoms with van der Waals surface area (Å²) in [6, 6.07) is 0. The molecule has 0 aliphatic carbocycles. The van der Waals surface area contributed by atoms with Gasteiger partial charge in [-0.2, -0.15) is 16.8 Å². The first kappa shape index (κ1) is 54.4. The molecule has 0 saturated carbocycles. The van der Waals surface area contributed by atoms with E-state index < -0.39 is 67.5 Å². The Bertz CT molecular complexity index is 1020. The lowest BCUT2D eigenvalue weighted by Gasteiger charge is -2.11. The van der Waals surface area contributed by atoms with E-state index in [1.54, 1.807) is 0 Å². The summed E-state index contributed by atoms with van der Waals surface area (Å²) in [6.07, 6.45) is 20.2. The number of ether oxygens (including phenoxy) is 2.